The van der Waals surface area contributed by atoms with Gasteiger partial charge in [0.1, 0.15) is 11.6 Å². The Morgan fingerprint density at radius 1 is 1.07 bits per heavy atom. The lowest BCUT2D eigenvalue weighted by atomic mass is 10.1. The Bertz CT molecular complexity index is 957. The highest BCUT2D eigenvalue weighted by molar-refractivity contribution is 7.10. The van der Waals surface area contributed by atoms with Crippen molar-refractivity contribution in [3.05, 3.63) is 87.9 Å². The summed E-state index contributed by atoms with van der Waals surface area (Å²) in [6.45, 7) is 1.20. The number of carbonyl (C=O) groups is 2. The molecule has 7 heteroatoms. The molecule has 1 amide bonds. The van der Waals surface area contributed by atoms with E-state index in [9.17, 15) is 14.0 Å². The van der Waals surface area contributed by atoms with Gasteiger partial charge in [0.2, 0.25) is 0 Å². The summed E-state index contributed by atoms with van der Waals surface area (Å²) < 4.78 is 23.6. The van der Waals surface area contributed by atoms with Crippen LogP contribution in [0.1, 0.15) is 22.0 Å². The zero-order chi connectivity index (χ0) is 20.6. The SMILES string of the molecule is Cc1cccc(OCC(=O)OCC(=O)N[C@H](c2ccc(F)cc2)c2cccs2)c1. The number of ether oxygens (including phenoxy) is 2. The van der Waals surface area contributed by atoms with Crippen molar-refractivity contribution in [2.75, 3.05) is 13.2 Å². The average Bonchev–Trinajstić information content (AvgIpc) is 3.24. The molecule has 0 unspecified atom stereocenters. The summed E-state index contributed by atoms with van der Waals surface area (Å²) in [6, 6.07) is 16.5. The molecule has 1 aromatic heterocycles. The molecule has 0 aliphatic carbocycles. The Morgan fingerprint density at radius 2 is 1.86 bits per heavy atom. The van der Waals surface area contributed by atoms with Gasteiger partial charge < -0.3 is 14.8 Å². The van der Waals surface area contributed by atoms with Gasteiger partial charge in [0, 0.05) is 4.88 Å². The molecular formula is C22H20FNO4S. The van der Waals surface area contributed by atoms with Crippen molar-refractivity contribution < 1.29 is 23.5 Å². The van der Waals surface area contributed by atoms with Crippen LogP contribution in [0, 0.1) is 12.7 Å². The predicted octanol–water partition coefficient (Wildman–Crippen LogP) is 4.02. The molecule has 0 aliphatic rings. The summed E-state index contributed by atoms with van der Waals surface area (Å²) in [5.74, 6) is -0.902. The van der Waals surface area contributed by atoms with Crippen molar-refractivity contribution >= 4 is 23.2 Å². The number of halogens is 1. The van der Waals surface area contributed by atoms with E-state index in [2.05, 4.69) is 5.32 Å². The van der Waals surface area contributed by atoms with Gasteiger partial charge in [-0.25, -0.2) is 9.18 Å². The number of rotatable bonds is 8. The first-order valence-electron chi connectivity index (χ1n) is 8.94. The van der Waals surface area contributed by atoms with Crippen LogP contribution in [0.3, 0.4) is 0 Å². The van der Waals surface area contributed by atoms with E-state index in [4.69, 9.17) is 9.47 Å². The van der Waals surface area contributed by atoms with Crippen LogP contribution in [-0.4, -0.2) is 25.1 Å². The van der Waals surface area contributed by atoms with Gasteiger partial charge in [0.15, 0.2) is 13.2 Å². The Morgan fingerprint density at radius 3 is 2.55 bits per heavy atom. The maximum Gasteiger partial charge on any atom is 0.344 e. The van der Waals surface area contributed by atoms with E-state index in [1.165, 1.54) is 23.5 Å². The molecule has 1 atom stereocenters. The minimum absolute atomic E-state index is 0.289. The van der Waals surface area contributed by atoms with E-state index in [-0.39, 0.29) is 12.4 Å². The zero-order valence-electron chi connectivity index (χ0n) is 15.8. The molecule has 0 bridgehead atoms. The molecule has 29 heavy (non-hydrogen) atoms. The van der Waals surface area contributed by atoms with E-state index < -0.39 is 24.5 Å². The third-order valence-electron chi connectivity index (χ3n) is 4.05. The van der Waals surface area contributed by atoms with Crippen LogP contribution >= 0.6 is 11.3 Å². The molecule has 150 valence electrons. The third-order valence-corrected chi connectivity index (χ3v) is 4.98. The lowest BCUT2D eigenvalue weighted by Crippen LogP contribution is -2.33. The highest BCUT2D eigenvalue weighted by Crippen LogP contribution is 2.26. The van der Waals surface area contributed by atoms with Gasteiger partial charge in [-0.2, -0.15) is 0 Å². The third kappa shape index (κ3) is 6.15. The van der Waals surface area contributed by atoms with Gasteiger partial charge in [-0.05, 0) is 53.8 Å². The van der Waals surface area contributed by atoms with Gasteiger partial charge >= 0.3 is 5.97 Å². The summed E-state index contributed by atoms with van der Waals surface area (Å²) in [4.78, 5) is 25.1. The van der Waals surface area contributed by atoms with Crippen molar-refractivity contribution in [2.24, 2.45) is 0 Å². The summed E-state index contributed by atoms with van der Waals surface area (Å²) in [5.41, 5.74) is 1.74. The van der Waals surface area contributed by atoms with Crippen LogP contribution in [0.15, 0.2) is 66.0 Å². The first-order chi connectivity index (χ1) is 14.0. The van der Waals surface area contributed by atoms with E-state index in [1.54, 1.807) is 24.3 Å². The first kappa shape index (κ1) is 20.5. The predicted molar refractivity (Wildman–Crippen MR) is 108 cm³/mol. The number of nitrogens with one attached hydrogen (secondary N) is 1. The van der Waals surface area contributed by atoms with Crippen LogP contribution in [0.4, 0.5) is 4.39 Å². The molecule has 0 radical (unpaired) electrons. The molecule has 5 nitrogen and oxygen atoms in total. The van der Waals surface area contributed by atoms with Crippen LogP contribution in [0.25, 0.3) is 0 Å². The lowest BCUT2D eigenvalue weighted by Gasteiger charge is -2.18. The summed E-state index contributed by atoms with van der Waals surface area (Å²) >= 11 is 1.47. The number of esters is 1. The van der Waals surface area contributed by atoms with E-state index >= 15 is 0 Å². The van der Waals surface area contributed by atoms with E-state index in [1.807, 2.05) is 36.6 Å². The second-order valence-electron chi connectivity index (χ2n) is 6.33. The molecule has 0 fully saturated rings. The molecule has 3 aromatic rings. The molecule has 1 heterocycles. The van der Waals surface area contributed by atoms with Gasteiger partial charge in [-0.3, -0.25) is 4.79 Å². The zero-order valence-corrected chi connectivity index (χ0v) is 16.6. The molecule has 0 saturated carbocycles. The van der Waals surface area contributed by atoms with Crippen LogP contribution < -0.4 is 10.1 Å². The number of benzene rings is 2. The molecule has 1 N–H and O–H groups in total. The fraction of sp³-hybridized carbons (Fsp3) is 0.182. The highest BCUT2D eigenvalue weighted by Gasteiger charge is 2.19. The maximum absolute atomic E-state index is 13.2. The number of carbonyl (C=O) groups excluding carboxylic acids is 2. The Kier molecular flexibility index (Phi) is 6.97. The summed E-state index contributed by atoms with van der Waals surface area (Å²) in [6.07, 6.45) is 0. The fourth-order valence-electron chi connectivity index (χ4n) is 2.67. The number of hydrogen-bond acceptors (Lipinski definition) is 5. The Labute approximate surface area is 172 Å². The summed E-state index contributed by atoms with van der Waals surface area (Å²) in [5, 5.41) is 4.71. The van der Waals surface area contributed by atoms with Crippen molar-refractivity contribution in [2.45, 2.75) is 13.0 Å². The lowest BCUT2D eigenvalue weighted by molar-refractivity contribution is -0.150. The van der Waals surface area contributed by atoms with Gasteiger partial charge in [-0.1, -0.05) is 30.3 Å². The topological polar surface area (TPSA) is 64.6 Å². The molecular weight excluding hydrogens is 393 g/mol. The molecule has 2 aromatic carbocycles. The largest absolute Gasteiger partial charge is 0.482 e. The van der Waals surface area contributed by atoms with Crippen LogP contribution in [0.5, 0.6) is 5.75 Å². The number of hydrogen-bond donors (Lipinski definition) is 1. The van der Waals surface area contributed by atoms with Crippen LogP contribution in [0.2, 0.25) is 0 Å². The number of aryl methyl sites for hydroxylation is 1. The second kappa shape index (κ2) is 9.84. The molecule has 0 aliphatic heterocycles. The first-order valence-corrected chi connectivity index (χ1v) is 9.82. The number of amides is 1. The number of thiophene rings is 1. The highest BCUT2D eigenvalue weighted by atomic mass is 32.1. The smallest absolute Gasteiger partial charge is 0.344 e. The second-order valence-corrected chi connectivity index (χ2v) is 7.31. The van der Waals surface area contributed by atoms with E-state index in [0.29, 0.717) is 5.75 Å². The minimum Gasteiger partial charge on any atom is -0.482 e. The van der Waals surface area contributed by atoms with Gasteiger partial charge in [0.25, 0.3) is 5.91 Å². The fourth-order valence-corrected chi connectivity index (χ4v) is 3.47. The van der Waals surface area contributed by atoms with Crippen molar-refractivity contribution in [3.63, 3.8) is 0 Å². The average molecular weight is 413 g/mol. The van der Waals surface area contributed by atoms with Crippen molar-refractivity contribution in [3.8, 4) is 5.75 Å². The maximum atomic E-state index is 13.2. The minimum atomic E-state index is -0.642. The monoisotopic (exact) mass is 413 g/mol. The summed E-state index contributed by atoms with van der Waals surface area (Å²) in [7, 11) is 0. The quantitative estimate of drug-likeness (QED) is 0.567. The van der Waals surface area contributed by atoms with Gasteiger partial charge in [0.05, 0.1) is 6.04 Å². The van der Waals surface area contributed by atoms with Crippen molar-refractivity contribution in [1.82, 2.24) is 5.32 Å². The Hall–Kier alpha value is -3.19. The molecule has 0 saturated heterocycles. The molecule has 0 spiro atoms. The standard InChI is InChI=1S/C22H20FNO4S/c1-15-4-2-5-18(12-15)27-14-21(26)28-13-20(25)24-22(19-6-3-11-29-19)16-7-9-17(23)10-8-16/h2-12,22H,13-14H2,1H3,(H,24,25)/t22-/m1/s1. The van der Waals surface area contributed by atoms with Crippen LogP contribution in [-0.2, 0) is 14.3 Å². The molecule has 3 rings (SSSR count). The van der Waals surface area contributed by atoms with E-state index in [0.717, 1.165) is 16.0 Å². The van der Waals surface area contributed by atoms with Crippen molar-refractivity contribution in [1.29, 1.82) is 0 Å². The van der Waals surface area contributed by atoms with Gasteiger partial charge in [-0.15, -0.1) is 11.3 Å². The normalized spacial score (nSPS) is 11.5. The Balaban J connectivity index is 1.53.